The van der Waals surface area contributed by atoms with Crippen LogP contribution in [-0.4, -0.2) is 22.6 Å². The van der Waals surface area contributed by atoms with E-state index in [0.717, 1.165) is 37.4 Å². The van der Waals surface area contributed by atoms with Crippen molar-refractivity contribution in [3.05, 3.63) is 18.2 Å². The van der Waals surface area contributed by atoms with E-state index < -0.39 is 0 Å². The van der Waals surface area contributed by atoms with Gasteiger partial charge in [-0.25, -0.2) is 4.98 Å². The SMILES string of the molecule is CC(C)C(Cn1cncc1C1CCNC1)C(C)C. The van der Waals surface area contributed by atoms with Crippen LogP contribution in [0.15, 0.2) is 12.5 Å². The quantitative estimate of drug-likeness (QED) is 0.869. The Morgan fingerprint density at radius 1 is 1.33 bits per heavy atom. The maximum atomic E-state index is 4.37. The van der Waals surface area contributed by atoms with E-state index in [9.17, 15) is 0 Å². The van der Waals surface area contributed by atoms with Gasteiger partial charge >= 0.3 is 0 Å². The van der Waals surface area contributed by atoms with Crippen LogP contribution in [0, 0.1) is 17.8 Å². The molecule has 0 aliphatic carbocycles. The lowest BCUT2D eigenvalue weighted by Crippen LogP contribution is -2.23. The van der Waals surface area contributed by atoms with Crippen molar-refractivity contribution in [2.24, 2.45) is 17.8 Å². The number of hydrogen-bond donors (Lipinski definition) is 1. The predicted molar refractivity (Wildman–Crippen MR) is 75.6 cm³/mol. The van der Waals surface area contributed by atoms with E-state index in [1.165, 1.54) is 12.1 Å². The molecule has 1 aliphatic rings. The minimum absolute atomic E-state index is 0.660. The zero-order valence-corrected chi connectivity index (χ0v) is 12.2. The third-order valence-electron chi connectivity index (χ3n) is 4.34. The number of nitrogens with zero attached hydrogens (tertiary/aromatic N) is 2. The fourth-order valence-electron chi connectivity index (χ4n) is 3.15. The second kappa shape index (κ2) is 5.87. The summed E-state index contributed by atoms with van der Waals surface area (Å²) in [6, 6.07) is 0. The summed E-state index contributed by atoms with van der Waals surface area (Å²) in [5.41, 5.74) is 1.42. The second-order valence-electron chi connectivity index (χ2n) is 6.31. The maximum Gasteiger partial charge on any atom is 0.0948 e. The predicted octanol–water partition coefficient (Wildman–Crippen LogP) is 2.89. The summed E-state index contributed by atoms with van der Waals surface area (Å²) in [6.45, 7) is 12.7. The van der Waals surface area contributed by atoms with Crippen molar-refractivity contribution in [3.8, 4) is 0 Å². The van der Waals surface area contributed by atoms with Crippen LogP contribution >= 0.6 is 0 Å². The minimum Gasteiger partial charge on any atom is -0.334 e. The van der Waals surface area contributed by atoms with E-state index in [2.05, 4.69) is 48.8 Å². The van der Waals surface area contributed by atoms with Gasteiger partial charge in [-0.05, 0) is 30.7 Å². The van der Waals surface area contributed by atoms with Crippen molar-refractivity contribution in [2.45, 2.75) is 46.6 Å². The average Bonchev–Trinajstić information content (AvgIpc) is 2.95. The molecule has 1 aromatic rings. The number of nitrogens with one attached hydrogen (secondary N) is 1. The first-order valence-corrected chi connectivity index (χ1v) is 7.30. The summed E-state index contributed by atoms with van der Waals surface area (Å²) in [5.74, 6) is 2.84. The highest BCUT2D eigenvalue weighted by Gasteiger charge is 2.23. The molecule has 0 spiro atoms. The van der Waals surface area contributed by atoms with Crippen molar-refractivity contribution in [3.63, 3.8) is 0 Å². The van der Waals surface area contributed by atoms with Gasteiger partial charge in [0.2, 0.25) is 0 Å². The molecule has 0 amide bonds. The van der Waals surface area contributed by atoms with Gasteiger partial charge in [0.15, 0.2) is 0 Å². The second-order valence-corrected chi connectivity index (χ2v) is 6.31. The van der Waals surface area contributed by atoms with Crippen LogP contribution in [0.2, 0.25) is 0 Å². The van der Waals surface area contributed by atoms with Crippen molar-refractivity contribution in [1.29, 1.82) is 0 Å². The zero-order valence-electron chi connectivity index (χ0n) is 12.2. The van der Waals surface area contributed by atoms with Gasteiger partial charge in [-0.2, -0.15) is 0 Å². The smallest absolute Gasteiger partial charge is 0.0948 e. The third kappa shape index (κ3) is 2.94. The van der Waals surface area contributed by atoms with Crippen LogP contribution in [0.3, 0.4) is 0 Å². The van der Waals surface area contributed by atoms with E-state index in [0.29, 0.717) is 5.92 Å². The van der Waals surface area contributed by atoms with Crippen LogP contribution in [-0.2, 0) is 6.54 Å². The van der Waals surface area contributed by atoms with E-state index in [4.69, 9.17) is 0 Å². The standard InChI is InChI=1S/C15H27N3/c1-11(2)14(12(3)4)9-18-10-17-8-15(18)13-5-6-16-7-13/h8,10-14,16H,5-7,9H2,1-4H3. The molecule has 1 atom stereocenters. The molecule has 2 heterocycles. The van der Waals surface area contributed by atoms with E-state index in [-0.39, 0.29) is 0 Å². The highest BCUT2D eigenvalue weighted by atomic mass is 15.1. The fraction of sp³-hybridized carbons (Fsp3) is 0.800. The largest absolute Gasteiger partial charge is 0.334 e. The number of hydrogen-bond acceptors (Lipinski definition) is 2. The van der Waals surface area contributed by atoms with Crippen LogP contribution in [0.25, 0.3) is 0 Å². The molecule has 0 radical (unpaired) electrons. The molecular formula is C15H27N3. The first-order valence-electron chi connectivity index (χ1n) is 7.30. The summed E-state index contributed by atoms with van der Waals surface area (Å²) in [4.78, 5) is 4.37. The lowest BCUT2D eigenvalue weighted by Gasteiger charge is -2.26. The van der Waals surface area contributed by atoms with Crippen molar-refractivity contribution in [1.82, 2.24) is 14.9 Å². The lowest BCUT2D eigenvalue weighted by molar-refractivity contribution is 0.248. The van der Waals surface area contributed by atoms with Crippen LogP contribution in [0.5, 0.6) is 0 Å². The van der Waals surface area contributed by atoms with Crippen LogP contribution in [0.1, 0.15) is 45.7 Å². The third-order valence-corrected chi connectivity index (χ3v) is 4.34. The Labute approximate surface area is 111 Å². The monoisotopic (exact) mass is 249 g/mol. The Kier molecular flexibility index (Phi) is 4.44. The molecule has 1 N–H and O–H groups in total. The highest BCUT2D eigenvalue weighted by molar-refractivity contribution is 5.09. The Balaban J connectivity index is 2.11. The molecule has 3 nitrogen and oxygen atoms in total. The molecule has 0 aromatic carbocycles. The van der Waals surface area contributed by atoms with Crippen LogP contribution in [0.4, 0.5) is 0 Å². The number of imidazole rings is 1. The molecule has 0 saturated carbocycles. The Bertz CT molecular complexity index is 354. The summed E-state index contributed by atoms with van der Waals surface area (Å²) >= 11 is 0. The zero-order chi connectivity index (χ0) is 13.1. The summed E-state index contributed by atoms with van der Waals surface area (Å²) < 4.78 is 2.39. The number of rotatable bonds is 5. The fourth-order valence-corrected chi connectivity index (χ4v) is 3.15. The Hall–Kier alpha value is -0.830. The van der Waals surface area contributed by atoms with Gasteiger partial charge in [0, 0.05) is 30.9 Å². The molecule has 18 heavy (non-hydrogen) atoms. The summed E-state index contributed by atoms with van der Waals surface area (Å²) in [5, 5.41) is 3.45. The van der Waals surface area contributed by atoms with Crippen molar-refractivity contribution >= 4 is 0 Å². The molecular weight excluding hydrogens is 222 g/mol. The van der Waals surface area contributed by atoms with Gasteiger partial charge in [-0.3, -0.25) is 0 Å². The van der Waals surface area contributed by atoms with Gasteiger partial charge in [0.25, 0.3) is 0 Å². The molecule has 1 saturated heterocycles. The van der Waals surface area contributed by atoms with E-state index in [1.54, 1.807) is 0 Å². The van der Waals surface area contributed by atoms with Gasteiger partial charge in [0.05, 0.1) is 6.33 Å². The summed E-state index contributed by atoms with van der Waals surface area (Å²) in [6.07, 6.45) is 5.33. The average molecular weight is 249 g/mol. The Morgan fingerprint density at radius 2 is 2.06 bits per heavy atom. The van der Waals surface area contributed by atoms with Crippen molar-refractivity contribution < 1.29 is 0 Å². The molecule has 1 aliphatic heterocycles. The molecule has 102 valence electrons. The first kappa shape index (κ1) is 13.6. The minimum atomic E-state index is 0.660. The van der Waals surface area contributed by atoms with Gasteiger partial charge in [-0.1, -0.05) is 27.7 Å². The van der Waals surface area contributed by atoms with Crippen LogP contribution < -0.4 is 5.32 Å². The summed E-state index contributed by atoms with van der Waals surface area (Å²) in [7, 11) is 0. The van der Waals surface area contributed by atoms with Gasteiger partial charge in [-0.15, -0.1) is 0 Å². The maximum absolute atomic E-state index is 4.37. The lowest BCUT2D eigenvalue weighted by atomic mass is 9.85. The highest BCUT2D eigenvalue weighted by Crippen LogP contribution is 2.26. The topological polar surface area (TPSA) is 29.9 Å². The molecule has 1 aromatic heterocycles. The molecule has 1 unspecified atom stereocenters. The van der Waals surface area contributed by atoms with E-state index in [1.807, 2.05) is 6.33 Å². The molecule has 1 fully saturated rings. The van der Waals surface area contributed by atoms with Crippen molar-refractivity contribution in [2.75, 3.05) is 13.1 Å². The number of aromatic nitrogens is 2. The first-order chi connectivity index (χ1) is 8.59. The normalized spacial score (nSPS) is 20.5. The Morgan fingerprint density at radius 3 is 2.61 bits per heavy atom. The molecule has 2 rings (SSSR count). The molecule has 0 bridgehead atoms. The van der Waals surface area contributed by atoms with Gasteiger partial charge < -0.3 is 9.88 Å². The van der Waals surface area contributed by atoms with E-state index >= 15 is 0 Å². The molecule has 3 heteroatoms. The van der Waals surface area contributed by atoms with Gasteiger partial charge in [0.1, 0.15) is 0 Å².